The van der Waals surface area contributed by atoms with Crippen molar-refractivity contribution >= 4 is 17.6 Å². The van der Waals surface area contributed by atoms with Crippen LogP contribution in [0.1, 0.15) is 20.8 Å². The minimum absolute atomic E-state index is 0.0360. The molecule has 0 fully saturated rings. The molecule has 2 aromatic rings. The Kier molecular flexibility index (Phi) is 3.09. The first kappa shape index (κ1) is 11.8. The summed E-state index contributed by atoms with van der Waals surface area (Å²) >= 11 is 0. The Bertz CT molecular complexity index is 590. The number of nitrogens with zero attached hydrogens (tertiary/aromatic N) is 2. The van der Waals surface area contributed by atoms with E-state index in [2.05, 4.69) is 10.4 Å². The lowest BCUT2D eigenvalue weighted by atomic mass is 10.2. The third kappa shape index (κ3) is 2.22. The third-order valence-corrected chi connectivity index (χ3v) is 2.42. The van der Waals surface area contributed by atoms with Crippen LogP contribution >= 0.6 is 0 Å². The molecule has 0 atom stereocenters. The number of carbonyl (C=O) groups is 2. The maximum Gasteiger partial charge on any atom is 0.354 e. The molecule has 0 aliphatic carbocycles. The number of nitrogens with one attached hydrogen (secondary N) is 1. The predicted molar refractivity (Wildman–Crippen MR) is 64.6 cm³/mol. The van der Waals surface area contributed by atoms with Gasteiger partial charge < -0.3 is 10.4 Å². The quantitative estimate of drug-likeness (QED) is 0.855. The second-order valence-electron chi connectivity index (χ2n) is 3.66. The predicted octanol–water partition coefficient (Wildman–Crippen LogP) is 1.37. The number of carboxylic acid groups (broad SMARTS) is 1. The lowest BCUT2D eigenvalue weighted by molar-refractivity contribution is 0.0680. The second kappa shape index (κ2) is 4.70. The molecular formula is C12H11N3O3. The fraction of sp³-hybridized carbons (Fsp3) is 0.0833. The van der Waals surface area contributed by atoms with Gasteiger partial charge in [-0.15, -0.1) is 0 Å². The van der Waals surface area contributed by atoms with Crippen LogP contribution in [0.3, 0.4) is 0 Å². The van der Waals surface area contributed by atoms with Crippen LogP contribution in [0.2, 0.25) is 0 Å². The number of rotatable bonds is 3. The van der Waals surface area contributed by atoms with E-state index >= 15 is 0 Å². The van der Waals surface area contributed by atoms with Gasteiger partial charge in [0.25, 0.3) is 5.91 Å². The topological polar surface area (TPSA) is 84.2 Å². The molecule has 1 aromatic heterocycles. The molecule has 2 rings (SSSR count). The van der Waals surface area contributed by atoms with Gasteiger partial charge in [-0.25, -0.2) is 4.79 Å². The zero-order valence-corrected chi connectivity index (χ0v) is 9.62. The van der Waals surface area contributed by atoms with Gasteiger partial charge in [0.05, 0.1) is 11.8 Å². The molecule has 92 valence electrons. The van der Waals surface area contributed by atoms with Crippen molar-refractivity contribution < 1.29 is 14.7 Å². The smallest absolute Gasteiger partial charge is 0.354 e. The average molecular weight is 245 g/mol. The minimum atomic E-state index is -1.19. The largest absolute Gasteiger partial charge is 0.477 e. The zero-order valence-electron chi connectivity index (χ0n) is 9.62. The van der Waals surface area contributed by atoms with Crippen LogP contribution in [0, 0.1) is 0 Å². The average Bonchev–Trinajstić information content (AvgIpc) is 2.72. The summed E-state index contributed by atoms with van der Waals surface area (Å²) in [5.74, 6) is -1.68. The third-order valence-electron chi connectivity index (χ3n) is 2.42. The van der Waals surface area contributed by atoms with Gasteiger partial charge in [0.1, 0.15) is 0 Å². The normalized spacial score (nSPS) is 10.1. The van der Waals surface area contributed by atoms with Gasteiger partial charge in [-0.05, 0) is 12.1 Å². The van der Waals surface area contributed by atoms with Crippen molar-refractivity contribution in [2.75, 3.05) is 5.32 Å². The first-order valence-corrected chi connectivity index (χ1v) is 5.21. The van der Waals surface area contributed by atoms with Crippen LogP contribution in [-0.4, -0.2) is 26.8 Å². The molecule has 0 bridgehead atoms. The van der Waals surface area contributed by atoms with Gasteiger partial charge in [-0.1, -0.05) is 18.2 Å². The molecule has 0 aliphatic heterocycles. The highest BCUT2D eigenvalue weighted by Gasteiger charge is 2.21. The summed E-state index contributed by atoms with van der Waals surface area (Å²) in [6, 6.07) is 8.81. The van der Waals surface area contributed by atoms with Gasteiger partial charge in [0, 0.05) is 12.7 Å². The number of aromatic nitrogens is 2. The van der Waals surface area contributed by atoms with Crippen molar-refractivity contribution in [3.63, 3.8) is 0 Å². The van der Waals surface area contributed by atoms with E-state index in [1.165, 1.54) is 13.2 Å². The van der Waals surface area contributed by atoms with Crippen LogP contribution in [0.25, 0.3) is 0 Å². The molecule has 1 aromatic carbocycles. The molecule has 1 amide bonds. The van der Waals surface area contributed by atoms with E-state index in [9.17, 15) is 9.59 Å². The first-order valence-electron chi connectivity index (χ1n) is 5.21. The van der Waals surface area contributed by atoms with Gasteiger partial charge in [0.15, 0.2) is 5.69 Å². The molecule has 18 heavy (non-hydrogen) atoms. The maximum absolute atomic E-state index is 11.9. The van der Waals surface area contributed by atoms with E-state index in [1.807, 2.05) is 6.07 Å². The van der Waals surface area contributed by atoms with E-state index in [0.29, 0.717) is 5.69 Å². The van der Waals surface area contributed by atoms with Crippen molar-refractivity contribution in [2.24, 2.45) is 7.05 Å². The number of hydrogen-bond donors (Lipinski definition) is 2. The number of para-hydroxylation sites is 1. The fourth-order valence-electron chi connectivity index (χ4n) is 1.58. The van der Waals surface area contributed by atoms with E-state index in [1.54, 1.807) is 24.3 Å². The number of benzene rings is 1. The summed E-state index contributed by atoms with van der Waals surface area (Å²) in [7, 11) is 1.47. The number of aryl methyl sites for hydroxylation is 1. The zero-order chi connectivity index (χ0) is 13.1. The Balaban J connectivity index is 2.27. The Morgan fingerprint density at radius 2 is 1.94 bits per heavy atom. The Morgan fingerprint density at radius 1 is 1.28 bits per heavy atom. The Hall–Kier alpha value is -2.63. The molecule has 0 aliphatic rings. The Labute approximate surface area is 103 Å². The number of amides is 1. The van der Waals surface area contributed by atoms with Gasteiger partial charge in [0.2, 0.25) is 0 Å². The maximum atomic E-state index is 11.9. The van der Waals surface area contributed by atoms with Crippen molar-refractivity contribution in [2.45, 2.75) is 0 Å². The standard InChI is InChI=1S/C12H11N3O3/c1-15-10(12(17)18)9(7-13-15)11(16)14-8-5-3-2-4-6-8/h2-7H,1H3,(H,14,16)(H,17,18). The molecule has 1 heterocycles. The van der Waals surface area contributed by atoms with Gasteiger partial charge in [-0.3, -0.25) is 9.48 Å². The van der Waals surface area contributed by atoms with Gasteiger partial charge in [-0.2, -0.15) is 5.10 Å². The van der Waals surface area contributed by atoms with Crippen LogP contribution in [0.5, 0.6) is 0 Å². The van der Waals surface area contributed by atoms with Crippen LogP contribution < -0.4 is 5.32 Å². The molecule has 0 saturated carbocycles. The van der Waals surface area contributed by atoms with Gasteiger partial charge >= 0.3 is 5.97 Å². The van der Waals surface area contributed by atoms with Crippen LogP contribution in [-0.2, 0) is 7.05 Å². The fourth-order valence-corrected chi connectivity index (χ4v) is 1.58. The molecular weight excluding hydrogens is 234 g/mol. The molecule has 0 radical (unpaired) electrons. The summed E-state index contributed by atoms with van der Waals surface area (Å²) in [5.41, 5.74) is 0.500. The number of carbonyl (C=O) groups excluding carboxylic acids is 1. The molecule has 6 nitrogen and oxygen atoms in total. The summed E-state index contributed by atoms with van der Waals surface area (Å²) in [4.78, 5) is 22.9. The molecule has 6 heteroatoms. The van der Waals surface area contributed by atoms with Crippen molar-refractivity contribution in [3.05, 3.63) is 47.8 Å². The highest BCUT2D eigenvalue weighted by molar-refractivity contribution is 6.09. The summed E-state index contributed by atoms with van der Waals surface area (Å²) in [6.07, 6.45) is 1.24. The number of hydrogen-bond acceptors (Lipinski definition) is 3. The molecule has 2 N–H and O–H groups in total. The van der Waals surface area contributed by atoms with Crippen molar-refractivity contribution in [3.8, 4) is 0 Å². The van der Waals surface area contributed by atoms with E-state index in [4.69, 9.17) is 5.11 Å². The van der Waals surface area contributed by atoms with E-state index in [-0.39, 0.29) is 11.3 Å². The monoisotopic (exact) mass is 245 g/mol. The highest BCUT2D eigenvalue weighted by Crippen LogP contribution is 2.12. The lowest BCUT2D eigenvalue weighted by Crippen LogP contribution is -2.17. The van der Waals surface area contributed by atoms with E-state index < -0.39 is 11.9 Å². The second-order valence-corrected chi connectivity index (χ2v) is 3.66. The Morgan fingerprint density at radius 3 is 2.56 bits per heavy atom. The highest BCUT2D eigenvalue weighted by atomic mass is 16.4. The summed E-state index contributed by atoms with van der Waals surface area (Å²) in [5, 5.41) is 15.4. The first-order chi connectivity index (χ1) is 8.59. The number of aromatic carboxylic acids is 1. The summed E-state index contributed by atoms with van der Waals surface area (Å²) in [6.45, 7) is 0. The molecule has 0 saturated heterocycles. The van der Waals surface area contributed by atoms with E-state index in [0.717, 1.165) is 4.68 Å². The summed E-state index contributed by atoms with van der Waals surface area (Å²) < 4.78 is 1.15. The minimum Gasteiger partial charge on any atom is -0.477 e. The lowest BCUT2D eigenvalue weighted by Gasteiger charge is -2.04. The molecule has 0 unspecified atom stereocenters. The number of carboxylic acids is 1. The van der Waals surface area contributed by atoms with Crippen LogP contribution in [0.4, 0.5) is 5.69 Å². The van der Waals surface area contributed by atoms with Crippen molar-refractivity contribution in [1.29, 1.82) is 0 Å². The van der Waals surface area contributed by atoms with Crippen molar-refractivity contribution in [1.82, 2.24) is 9.78 Å². The van der Waals surface area contributed by atoms with Crippen LogP contribution in [0.15, 0.2) is 36.5 Å². The number of anilines is 1. The SMILES string of the molecule is Cn1ncc(C(=O)Nc2ccccc2)c1C(=O)O. The molecule has 0 spiro atoms.